The van der Waals surface area contributed by atoms with Gasteiger partial charge in [0.05, 0.1) is 55.8 Å². The van der Waals surface area contributed by atoms with Crippen molar-refractivity contribution in [1.82, 2.24) is 69.9 Å². The van der Waals surface area contributed by atoms with E-state index in [0.29, 0.717) is 94.1 Å². The number of carbonyl (C=O) groups excluding carboxylic acids is 3. The molecule has 3 amide bonds. The van der Waals surface area contributed by atoms with E-state index < -0.39 is 43.6 Å². The largest absolute Gasteiger partial charge is 0.526 e. The summed E-state index contributed by atoms with van der Waals surface area (Å²) >= 11 is 23.0. The Balaban J connectivity index is 0.000000194. The Morgan fingerprint density at radius 3 is 1.30 bits per heavy atom. The van der Waals surface area contributed by atoms with Gasteiger partial charge < -0.3 is 68.6 Å². The first-order valence-electron chi connectivity index (χ1n) is 32.4. The summed E-state index contributed by atoms with van der Waals surface area (Å²) < 4.78 is 13.1. The van der Waals surface area contributed by atoms with E-state index >= 15 is 0 Å². The first kappa shape index (κ1) is 89.0. The molecule has 0 aliphatic rings. The van der Waals surface area contributed by atoms with Gasteiger partial charge in [0, 0.05) is 70.3 Å². The van der Waals surface area contributed by atoms with Crippen molar-refractivity contribution in [3.8, 4) is 11.5 Å². The quantitative estimate of drug-likeness (QED) is 0.0112. The molecule has 0 bridgehead atoms. The predicted molar refractivity (Wildman–Crippen MR) is 424 cm³/mol. The molecule has 5 aromatic carbocycles. The number of carboxylic acid groups (broad SMARTS) is 1. The highest BCUT2D eigenvalue weighted by Gasteiger charge is 2.22. The number of hydrogen-bond acceptors (Lipinski definition) is 35. The maximum Gasteiger partial charge on any atom is 0.526 e. The van der Waals surface area contributed by atoms with Crippen LogP contribution in [0.15, 0.2) is 137 Å². The van der Waals surface area contributed by atoms with Gasteiger partial charge in [-0.05, 0) is 118 Å². The van der Waals surface area contributed by atoms with Gasteiger partial charge >= 0.3 is 13.1 Å². The zero-order valence-corrected chi connectivity index (χ0v) is 63.8. The number of primary amides is 1. The number of carbonyl (C=O) groups is 4. The van der Waals surface area contributed by atoms with Crippen LogP contribution in [-0.2, 0) is 29.2 Å². The zero-order chi connectivity index (χ0) is 86.2. The Kier molecular flexibility index (Phi) is 31.1. The molecule has 0 radical (unpaired) electrons. The number of nitrogens with one attached hydrogen (secondary N) is 3. The van der Waals surface area contributed by atoms with Crippen LogP contribution >= 0.6 is 46.4 Å². The number of nitro groups is 5. The summed E-state index contributed by atoms with van der Waals surface area (Å²) in [6.45, 7) is 9.06. The number of halogens is 4. The molecule has 0 unspecified atom stereocenters. The van der Waals surface area contributed by atoms with Gasteiger partial charge in [-0.3, -0.25) is 65.0 Å². The van der Waals surface area contributed by atoms with Crippen molar-refractivity contribution in [2.75, 3.05) is 38.9 Å². The highest BCUT2D eigenvalue weighted by Crippen LogP contribution is 2.32. The number of hydrogen-bond donors (Lipinski definition) is 11. The lowest BCUT2D eigenvalue weighted by molar-refractivity contribution is -0.385. The minimum atomic E-state index is -1.48. The van der Waals surface area contributed by atoms with Crippen molar-refractivity contribution in [3.05, 3.63) is 255 Å². The molecule has 0 aliphatic heterocycles. The van der Waals surface area contributed by atoms with Crippen LogP contribution in [-0.4, -0.2) is 141 Å². The van der Waals surface area contributed by atoms with Crippen LogP contribution in [0.1, 0.15) is 65.2 Å². The highest BCUT2D eigenvalue weighted by molar-refractivity contribution is 6.57. The first-order chi connectivity index (χ1) is 55.4. The summed E-state index contributed by atoms with van der Waals surface area (Å²) in [5, 5.41) is 103. The number of aryl methyl sites for hydroxylation is 5. The second-order valence-corrected chi connectivity index (χ2v) is 24.8. The number of nitrogen functional groups attached to an aromatic ring is 4. The van der Waals surface area contributed by atoms with E-state index in [9.17, 15) is 69.7 Å². The van der Waals surface area contributed by atoms with Crippen molar-refractivity contribution in [3.63, 3.8) is 0 Å². The molecular weight excluding hydrogens is 1630 g/mol. The second kappa shape index (κ2) is 40.8. The van der Waals surface area contributed by atoms with E-state index in [1.54, 1.807) is 87.0 Å². The van der Waals surface area contributed by atoms with Crippen LogP contribution in [0.4, 0.5) is 69.4 Å². The number of anilines is 7. The normalized spacial score (nSPS) is 10.3. The van der Waals surface area contributed by atoms with E-state index in [0.717, 1.165) is 16.7 Å². The topological polar surface area (TPSA) is 702 Å². The lowest BCUT2D eigenvalue weighted by Crippen LogP contribution is -2.27. The Bertz CT molecular complexity index is 5770. The summed E-state index contributed by atoms with van der Waals surface area (Å²) in [6, 6.07) is 28.7. The Hall–Kier alpha value is -15.2. The number of rotatable bonds is 20. The lowest BCUT2D eigenvalue weighted by atomic mass is 9.88. The second-order valence-electron chi connectivity index (χ2n) is 23.3. The van der Waals surface area contributed by atoms with Crippen molar-refractivity contribution in [2.45, 2.75) is 54.3 Å². The summed E-state index contributed by atoms with van der Waals surface area (Å²) in [7, 11) is -1.48. The lowest BCUT2D eigenvalue weighted by Gasteiger charge is -2.12. The minimum absolute atomic E-state index is 0.00646. The molecule has 0 aliphatic carbocycles. The number of nitrogens with two attached hydrogens (primary N) is 5. The highest BCUT2D eigenvalue weighted by atomic mass is 35.5. The van der Waals surface area contributed by atoms with Crippen LogP contribution in [0.5, 0.6) is 0 Å². The third-order valence-corrected chi connectivity index (χ3v) is 16.3. The van der Waals surface area contributed by atoms with Crippen molar-refractivity contribution < 1.29 is 67.8 Å². The van der Waals surface area contributed by atoms with Crippen LogP contribution in [0.25, 0.3) is 33.8 Å². The van der Waals surface area contributed by atoms with Gasteiger partial charge in [0.2, 0.25) is 42.5 Å². The van der Waals surface area contributed by atoms with E-state index in [-0.39, 0.29) is 107 Å². The minimum Gasteiger partial charge on any atom is -0.478 e. The molecule has 0 saturated heterocycles. The Labute approximate surface area is 674 Å². The van der Waals surface area contributed by atoms with E-state index in [2.05, 4.69) is 80.9 Å². The first-order valence-corrected chi connectivity index (χ1v) is 33.9. The van der Waals surface area contributed by atoms with Crippen LogP contribution in [0, 0.1) is 85.2 Å². The molecule has 8 aromatic heterocycles. The fourth-order valence-corrected chi connectivity index (χ4v) is 10.9. The molecule has 16 N–H and O–H groups in total. The summed E-state index contributed by atoms with van der Waals surface area (Å²) in [6.07, 6.45) is 3.78. The smallest absolute Gasteiger partial charge is 0.478 e. The monoisotopic (exact) mass is 1690 g/mol. The van der Waals surface area contributed by atoms with Gasteiger partial charge in [0.25, 0.3) is 28.4 Å². The molecule has 0 spiro atoms. The number of nitro benzene ring substituents is 5. The van der Waals surface area contributed by atoms with Crippen molar-refractivity contribution in [1.29, 1.82) is 0 Å². The average molecular weight is 1690 g/mol. The number of carboxylic acids is 1. The zero-order valence-electron chi connectivity index (χ0n) is 60.7. The molecule has 0 saturated carbocycles. The van der Waals surface area contributed by atoms with Crippen LogP contribution in [0.2, 0.25) is 20.6 Å². The molecule has 51 heteroatoms. The SMILES string of the molecule is Cc1cc(C(=O)O)ccc1[N+](=O)[O-].Cc1cc(C(N)=O)ccc1[N+](=O)[O-].Cc1cc(CNc2nc(N)nc(Cl)c2NC=O)ccc1[N+](=O)[O-].Cc1cc(Cn2nnc3c(-c4ccco4)nc(N)nc32)ccc1[N+](=O)[O-].Cc1cc(Cn2nnc3c(Cl)nc(N)nc32)ccc1[N+](=O)[O-].Nc1nc(Cl)c(NC=O)c(Cl)n1.OB(O)c1ccco1. The fraction of sp³-hybridized carbons (Fsp3) is 0.121. The number of aromatic carboxylic acids is 1. The van der Waals surface area contributed by atoms with Crippen molar-refractivity contribution in [2.24, 2.45) is 5.73 Å². The standard InChI is InChI=1S/C16H13N7O3.C13H13ClN6O3.C12H10ClN7O2.C8H8N2O3.C8H7NO4.C5H4Cl2N4O.C4H5BO3/c1-9-7-10(4-5-11(9)23(24)25)8-22-15-14(20-21-22)13(18-16(17)19-15)12-3-2-6-26-12;1-7-4-8(2-3-9(7)20(22)23)5-16-12-10(17-6-21)11(14)18-13(15)19-12;1-6-4-7(2-3-8(6)20(21)22)5-19-11-9(17-18-19)10(13)15-12(14)16-11;1-5-4-6(8(9)11)2-3-7(5)10(12)13;1-5-4-6(8(10)11)2-3-7(5)9(12)13;6-3-2(9-1-12)4(7)11-5(8)10-3;6-5(7)4-2-1-3-8-4/h2-7H,8H2,1H3,(H2,17,18,19);2-4,6H,5H2,1H3,(H,17,21)(H3,15,16,18,19);2-4H,5H2,1H3,(H2,14,15,16);2-4H,1H3,(H2,9,11);2-4H,1H3,(H,10,11);1H,(H,9,12)(H2,8,10,11);1-3,6-7H. The number of aromatic nitrogens is 14. The third-order valence-electron chi connectivity index (χ3n) is 15.2. The number of fused-ring (bicyclic) bond motifs is 2. The van der Waals surface area contributed by atoms with Gasteiger partial charge in [-0.15, -0.1) is 10.2 Å². The maximum absolute atomic E-state index is 11.0. The predicted octanol–water partition coefficient (Wildman–Crippen LogP) is 8.66. The van der Waals surface area contributed by atoms with Crippen molar-refractivity contribution >= 4 is 176 Å². The fourth-order valence-electron chi connectivity index (χ4n) is 9.93. The number of nitrogens with zero attached hydrogens (tertiary/aromatic N) is 19. The Morgan fingerprint density at radius 2 is 0.880 bits per heavy atom. The van der Waals surface area contributed by atoms with Gasteiger partial charge in [-0.2, -0.15) is 34.9 Å². The van der Waals surface area contributed by atoms with E-state index in [1.165, 1.54) is 84.8 Å². The number of amides is 3. The summed E-state index contributed by atoms with van der Waals surface area (Å²) in [4.78, 5) is 124. The molecule has 13 aromatic rings. The van der Waals surface area contributed by atoms with Crippen LogP contribution in [0.3, 0.4) is 0 Å². The third kappa shape index (κ3) is 24.4. The Morgan fingerprint density at radius 1 is 0.496 bits per heavy atom. The molecular formula is C66H60BCl4N27O19. The van der Waals surface area contributed by atoms with E-state index in [1.807, 2.05) is 0 Å². The average Bonchev–Trinajstić information content (AvgIpc) is 1.65. The summed E-state index contributed by atoms with van der Waals surface area (Å²) in [5.74, 6) is -0.882. The molecule has 117 heavy (non-hydrogen) atoms. The molecule has 604 valence electrons. The van der Waals surface area contributed by atoms with Gasteiger partial charge in [-0.1, -0.05) is 75.0 Å². The molecule has 13 rings (SSSR count). The van der Waals surface area contributed by atoms with Gasteiger partial charge in [0.15, 0.2) is 54.5 Å². The van der Waals surface area contributed by atoms with Crippen LogP contribution < -0.4 is 50.3 Å². The molecule has 8 heterocycles. The van der Waals surface area contributed by atoms with Gasteiger partial charge in [0.1, 0.15) is 22.7 Å². The van der Waals surface area contributed by atoms with Gasteiger partial charge in [-0.25, -0.2) is 19.1 Å². The number of benzene rings is 5. The van der Waals surface area contributed by atoms with E-state index in [4.69, 9.17) is 94.6 Å². The number of furan rings is 2. The molecule has 46 nitrogen and oxygen atoms in total. The maximum atomic E-state index is 11.0. The molecule has 0 fully saturated rings. The molecule has 0 atom stereocenters. The summed E-state index contributed by atoms with van der Waals surface area (Å²) in [5.41, 5.74) is 35.2.